The van der Waals surface area contributed by atoms with Crippen molar-refractivity contribution in [1.82, 2.24) is 25.5 Å². The fourth-order valence-corrected chi connectivity index (χ4v) is 2.37. The standard InChI is InChI=1S/C14H19N5OS/c1-4-11(3)15-13(20)9-21-14-16-17-18-19(14)12-7-5-10(2)6-8-12/h5-8,11H,4,9H2,1-3H3,(H,15,20)/t11-/m1/s1. The van der Waals surface area contributed by atoms with Gasteiger partial charge in [0.05, 0.1) is 11.4 Å². The largest absolute Gasteiger partial charge is 0.353 e. The van der Waals surface area contributed by atoms with E-state index < -0.39 is 0 Å². The third-order valence-corrected chi connectivity index (χ3v) is 3.99. The molecule has 2 rings (SSSR count). The Balaban J connectivity index is 2.01. The molecule has 0 bridgehead atoms. The maximum Gasteiger partial charge on any atom is 0.230 e. The molecule has 112 valence electrons. The number of nitrogens with one attached hydrogen (secondary N) is 1. The molecular weight excluding hydrogens is 286 g/mol. The molecule has 0 aliphatic heterocycles. The van der Waals surface area contributed by atoms with E-state index >= 15 is 0 Å². The van der Waals surface area contributed by atoms with Crippen LogP contribution in [0, 0.1) is 6.92 Å². The van der Waals surface area contributed by atoms with Crippen LogP contribution in [0.3, 0.4) is 0 Å². The maximum atomic E-state index is 11.8. The molecule has 0 aliphatic carbocycles. The third-order valence-electron chi connectivity index (χ3n) is 3.07. The minimum absolute atomic E-state index is 0.00666. The number of tetrazole rings is 1. The minimum Gasteiger partial charge on any atom is -0.353 e. The summed E-state index contributed by atoms with van der Waals surface area (Å²) in [5.74, 6) is 0.295. The lowest BCUT2D eigenvalue weighted by molar-refractivity contribution is -0.119. The number of hydrogen-bond donors (Lipinski definition) is 1. The predicted molar refractivity (Wildman–Crippen MR) is 82.5 cm³/mol. The van der Waals surface area contributed by atoms with Gasteiger partial charge in [-0.2, -0.15) is 4.68 Å². The average Bonchev–Trinajstić information content (AvgIpc) is 2.94. The first-order valence-electron chi connectivity index (χ1n) is 6.87. The number of hydrogen-bond acceptors (Lipinski definition) is 5. The molecule has 0 fully saturated rings. The Labute approximate surface area is 128 Å². The fourth-order valence-electron chi connectivity index (χ4n) is 1.67. The number of carbonyl (C=O) groups is 1. The molecule has 1 heterocycles. The molecular formula is C14H19N5OS. The Hall–Kier alpha value is -1.89. The van der Waals surface area contributed by atoms with Crippen molar-refractivity contribution in [2.24, 2.45) is 0 Å². The smallest absolute Gasteiger partial charge is 0.230 e. The molecule has 1 aromatic heterocycles. The van der Waals surface area contributed by atoms with E-state index in [9.17, 15) is 4.79 Å². The molecule has 2 aromatic rings. The molecule has 0 saturated heterocycles. The molecule has 1 N–H and O–H groups in total. The normalized spacial score (nSPS) is 12.1. The second-order valence-electron chi connectivity index (χ2n) is 4.87. The van der Waals surface area contributed by atoms with Gasteiger partial charge in [-0.1, -0.05) is 36.4 Å². The van der Waals surface area contributed by atoms with E-state index in [-0.39, 0.29) is 11.9 Å². The number of thioether (sulfide) groups is 1. The first-order chi connectivity index (χ1) is 10.1. The molecule has 7 heteroatoms. The van der Waals surface area contributed by atoms with E-state index in [2.05, 4.69) is 20.8 Å². The van der Waals surface area contributed by atoms with Gasteiger partial charge in [-0.05, 0) is 42.8 Å². The van der Waals surface area contributed by atoms with E-state index in [1.54, 1.807) is 4.68 Å². The average molecular weight is 305 g/mol. The van der Waals surface area contributed by atoms with Gasteiger partial charge in [0.15, 0.2) is 0 Å². The van der Waals surface area contributed by atoms with Crippen molar-refractivity contribution in [2.45, 2.75) is 38.4 Å². The summed E-state index contributed by atoms with van der Waals surface area (Å²) >= 11 is 1.33. The van der Waals surface area contributed by atoms with Crippen molar-refractivity contribution in [3.05, 3.63) is 29.8 Å². The second kappa shape index (κ2) is 7.21. The van der Waals surface area contributed by atoms with Crippen molar-refractivity contribution >= 4 is 17.7 Å². The number of aromatic nitrogens is 4. The lowest BCUT2D eigenvalue weighted by Gasteiger charge is -2.10. The lowest BCUT2D eigenvalue weighted by Crippen LogP contribution is -2.33. The van der Waals surface area contributed by atoms with Gasteiger partial charge < -0.3 is 5.32 Å². The maximum absolute atomic E-state index is 11.8. The highest BCUT2D eigenvalue weighted by molar-refractivity contribution is 7.99. The summed E-state index contributed by atoms with van der Waals surface area (Å²) in [6, 6.07) is 8.10. The first-order valence-corrected chi connectivity index (χ1v) is 7.86. The van der Waals surface area contributed by atoms with Gasteiger partial charge in [0.2, 0.25) is 11.1 Å². The van der Waals surface area contributed by atoms with Crippen LogP contribution in [0.2, 0.25) is 0 Å². The molecule has 6 nitrogen and oxygen atoms in total. The Kier molecular flexibility index (Phi) is 5.32. The van der Waals surface area contributed by atoms with Crippen LogP contribution in [0.15, 0.2) is 29.4 Å². The van der Waals surface area contributed by atoms with Crippen LogP contribution in [-0.2, 0) is 4.79 Å². The highest BCUT2D eigenvalue weighted by atomic mass is 32.2. The first kappa shape index (κ1) is 15.5. The zero-order valence-electron chi connectivity index (χ0n) is 12.4. The Morgan fingerprint density at radius 3 is 2.76 bits per heavy atom. The summed E-state index contributed by atoms with van der Waals surface area (Å²) in [4.78, 5) is 11.8. The summed E-state index contributed by atoms with van der Waals surface area (Å²) in [5, 5.41) is 15.2. The Morgan fingerprint density at radius 2 is 2.10 bits per heavy atom. The van der Waals surface area contributed by atoms with Crippen LogP contribution in [0.1, 0.15) is 25.8 Å². The van der Waals surface area contributed by atoms with Crippen molar-refractivity contribution in [3.63, 3.8) is 0 Å². The fraction of sp³-hybridized carbons (Fsp3) is 0.429. The van der Waals surface area contributed by atoms with Crippen LogP contribution < -0.4 is 5.32 Å². The minimum atomic E-state index is -0.00666. The van der Waals surface area contributed by atoms with Gasteiger partial charge in [-0.3, -0.25) is 4.79 Å². The van der Waals surface area contributed by atoms with Crippen molar-refractivity contribution in [1.29, 1.82) is 0 Å². The highest BCUT2D eigenvalue weighted by Crippen LogP contribution is 2.18. The predicted octanol–water partition coefficient (Wildman–Crippen LogP) is 1.98. The molecule has 0 spiro atoms. The van der Waals surface area contributed by atoms with Crippen LogP contribution in [0.25, 0.3) is 5.69 Å². The summed E-state index contributed by atoms with van der Waals surface area (Å²) in [6.45, 7) is 6.05. The van der Waals surface area contributed by atoms with Gasteiger partial charge in [0.25, 0.3) is 0 Å². The van der Waals surface area contributed by atoms with E-state index in [0.29, 0.717) is 10.9 Å². The molecule has 21 heavy (non-hydrogen) atoms. The van der Waals surface area contributed by atoms with Gasteiger partial charge >= 0.3 is 0 Å². The van der Waals surface area contributed by atoms with Crippen molar-refractivity contribution < 1.29 is 4.79 Å². The lowest BCUT2D eigenvalue weighted by atomic mass is 10.2. The zero-order valence-corrected chi connectivity index (χ0v) is 13.2. The van der Waals surface area contributed by atoms with Gasteiger partial charge in [0, 0.05) is 6.04 Å². The Morgan fingerprint density at radius 1 is 1.38 bits per heavy atom. The quantitative estimate of drug-likeness (QED) is 0.826. The molecule has 1 atom stereocenters. The SMILES string of the molecule is CC[C@@H](C)NC(=O)CSc1nnnn1-c1ccc(C)cc1. The van der Waals surface area contributed by atoms with Crippen molar-refractivity contribution in [3.8, 4) is 5.69 Å². The molecule has 1 aromatic carbocycles. The summed E-state index contributed by atoms with van der Waals surface area (Å²) in [6.07, 6.45) is 0.914. The number of aryl methyl sites for hydroxylation is 1. The van der Waals surface area contributed by atoms with Gasteiger partial charge in [-0.25, -0.2) is 0 Å². The van der Waals surface area contributed by atoms with E-state index in [0.717, 1.165) is 12.1 Å². The van der Waals surface area contributed by atoms with Crippen molar-refractivity contribution in [2.75, 3.05) is 5.75 Å². The highest BCUT2D eigenvalue weighted by Gasteiger charge is 2.12. The van der Waals surface area contributed by atoms with E-state index in [4.69, 9.17) is 0 Å². The number of carbonyl (C=O) groups excluding carboxylic acids is 1. The number of amides is 1. The summed E-state index contributed by atoms with van der Waals surface area (Å²) in [7, 11) is 0. The molecule has 0 saturated carbocycles. The van der Waals surface area contributed by atoms with Crippen LogP contribution in [0.5, 0.6) is 0 Å². The molecule has 0 radical (unpaired) electrons. The summed E-state index contributed by atoms with van der Waals surface area (Å²) in [5.41, 5.74) is 2.06. The monoisotopic (exact) mass is 305 g/mol. The van der Waals surface area contributed by atoms with E-state index in [1.165, 1.54) is 17.3 Å². The van der Waals surface area contributed by atoms with Crippen LogP contribution in [0.4, 0.5) is 0 Å². The Bertz CT molecular complexity index is 596. The second-order valence-corrected chi connectivity index (χ2v) is 5.82. The number of benzene rings is 1. The van der Waals surface area contributed by atoms with Gasteiger partial charge in [-0.15, -0.1) is 5.10 Å². The molecule has 0 aliphatic rings. The van der Waals surface area contributed by atoms with E-state index in [1.807, 2.05) is 45.0 Å². The van der Waals surface area contributed by atoms with Crippen LogP contribution in [-0.4, -0.2) is 37.9 Å². The molecule has 1 amide bonds. The van der Waals surface area contributed by atoms with Crippen LogP contribution >= 0.6 is 11.8 Å². The number of nitrogens with zero attached hydrogens (tertiary/aromatic N) is 4. The topological polar surface area (TPSA) is 72.7 Å². The summed E-state index contributed by atoms with van der Waals surface area (Å²) < 4.78 is 1.64. The third kappa shape index (κ3) is 4.29. The van der Waals surface area contributed by atoms with Gasteiger partial charge in [0.1, 0.15) is 0 Å². The zero-order chi connectivity index (χ0) is 15.2. The molecule has 0 unspecified atom stereocenters. The number of rotatable bonds is 6.